The predicted molar refractivity (Wildman–Crippen MR) is 183 cm³/mol. The van der Waals surface area contributed by atoms with Crippen molar-refractivity contribution in [2.24, 2.45) is 11.1 Å². The standard InChI is InChI=1S/C40H41F2N3O2/c1-40(2,3)38(37-21-27(34-22-28(41)17-18-36(34)42)25-45(37)24-26-11-5-4-6-12-26)44-29(19-20-47-39(43)46)23-35-32-15-9-7-13-30(32)31-14-8-10-16-33(31)35/h4-18,21-22,25,29,35,38,44H,19-20,23-24H2,1-3H3,(H2,43,46). The van der Waals surface area contributed by atoms with Crippen molar-refractivity contribution in [3.05, 3.63) is 143 Å². The number of primary amides is 1. The number of nitrogens with two attached hydrogens (primary N) is 1. The molecule has 6 rings (SSSR count). The molecule has 7 heteroatoms. The van der Waals surface area contributed by atoms with Gasteiger partial charge < -0.3 is 20.4 Å². The topological polar surface area (TPSA) is 69.3 Å². The fraction of sp³-hybridized carbons (Fsp3) is 0.275. The molecule has 2 atom stereocenters. The molecule has 2 unspecified atom stereocenters. The van der Waals surface area contributed by atoms with Crippen LogP contribution in [0.3, 0.4) is 0 Å². The first-order valence-electron chi connectivity index (χ1n) is 16.1. The van der Waals surface area contributed by atoms with Crippen LogP contribution < -0.4 is 11.1 Å². The van der Waals surface area contributed by atoms with Gasteiger partial charge in [0.15, 0.2) is 0 Å². The molecule has 47 heavy (non-hydrogen) atoms. The number of carbonyl (C=O) groups excluding carboxylic acids is 1. The molecule has 0 aliphatic heterocycles. The Bertz CT molecular complexity index is 1820. The summed E-state index contributed by atoms with van der Waals surface area (Å²) < 4.78 is 36.8. The van der Waals surface area contributed by atoms with Crippen molar-refractivity contribution in [1.29, 1.82) is 0 Å². The molecule has 1 aliphatic rings. The summed E-state index contributed by atoms with van der Waals surface area (Å²) in [5.41, 5.74) is 13.0. The maximum absolute atomic E-state index is 15.1. The molecule has 1 amide bonds. The molecule has 242 valence electrons. The van der Waals surface area contributed by atoms with E-state index in [1.165, 1.54) is 34.4 Å². The largest absolute Gasteiger partial charge is 0.450 e. The zero-order chi connectivity index (χ0) is 33.1. The zero-order valence-electron chi connectivity index (χ0n) is 27.0. The van der Waals surface area contributed by atoms with Crippen LogP contribution in [0.25, 0.3) is 22.3 Å². The van der Waals surface area contributed by atoms with E-state index in [9.17, 15) is 9.18 Å². The predicted octanol–water partition coefficient (Wildman–Crippen LogP) is 9.22. The van der Waals surface area contributed by atoms with Crippen LogP contribution in [0.15, 0.2) is 109 Å². The third-order valence-electron chi connectivity index (χ3n) is 9.12. The number of aromatic nitrogens is 1. The number of rotatable bonds is 11. The minimum absolute atomic E-state index is 0.0859. The molecular weight excluding hydrogens is 592 g/mol. The molecule has 0 radical (unpaired) electrons. The number of nitrogens with one attached hydrogen (secondary N) is 1. The van der Waals surface area contributed by atoms with E-state index in [0.29, 0.717) is 18.5 Å². The Kier molecular flexibility index (Phi) is 9.28. The smallest absolute Gasteiger partial charge is 0.404 e. The number of halogens is 2. The fourth-order valence-electron chi connectivity index (χ4n) is 6.94. The molecule has 1 aromatic heterocycles. The molecular formula is C40H41F2N3O2. The minimum atomic E-state index is -0.800. The maximum Gasteiger partial charge on any atom is 0.404 e. The van der Waals surface area contributed by atoms with Gasteiger partial charge in [-0.3, -0.25) is 0 Å². The molecule has 0 fully saturated rings. The third kappa shape index (κ3) is 7.15. The lowest BCUT2D eigenvalue weighted by Gasteiger charge is -2.37. The van der Waals surface area contributed by atoms with Crippen LogP contribution >= 0.6 is 0 Å². The van der Waals surface area contributed by atoms with E-state index in [1.807, 2.05) is 30.5 Å². The molecule has 5 aromatic rings. The van der Waals surface area contributed by atoms with Crippen molar-refractivity contribution in [1.82, 2.24) is 9.88 Å². The number of hydrogen-bond acceptors (Lipinski definition) is 3. The highest BCUT2D eigenvalue weighted by molar-refractivity contribution is 5.78. The first-order valence-corrected chi connectivity index (χ1v) is 16.1. The van der Waals surface area contributed by atoms with Crippen LogP contribution in [0, 0.1) is 17.0 Å². The second-order valence-corrected chi connectivity index (χ2v) is 13.5. The van der Waals surface area contributed by atoms with Gasteiger partial charge in [0, 0.05) is 41.5 Å². The number of nitrogens with zero attached hydrogens (tertiary/aromatic N) is 1. The Morgan fingerprint density at radius 3 is 2.15 bits per heavy atom. The summed E-state index contributed by atoms with van der Waals surface area (Å²) in [5.74, 6) is -0.826. The second-order valence-electron chi connectivity index (χ2n) is 13.5. The molecule has 1 aliphatic carbocycles. The summed E-state index contributed by atoms with van der Waals surface area (Å²) in [6.07, 6.45) is 2.41. The van der Waals surface area contributed by atoms with Gasteiger partial charge in [0.05, 0.1) is 12.6 Å². The summed E-state index contributed by atoms with van der Waals surface area (Å²) in [4.78, 5) is 11.6. The number of benzene rings is 4. The Balaban J connectivity index is 1.40. The number of ether oxygens (including phenoxy) is 1. The molecule has 3 N–H and O–H groups in total. The van der Waals surface area contributed by atoms with Crippen molar-refractivity contribution < 1.29 is 18.3 Å². The van der Waals surface area contributed by atoms with Crippen LogP contribution in [0.2, 0.25) is 0 Å². The normalized spacial score (nSPS) is 14.0. The second kappa shape index (κ2) is 13.5. The van der Waals surface area contributed by atoms with Gasteiger partial charge in [-0.15, -0.1) is 0 Å². The lowest BCUT2D eigenvalue weighted by atomic mass is 9.82. The van der Waals surface area contributed by atoms with Gasteiger partial charge in [0.1, 0.15) is 11.6 Å². The van der Waals surface area contributed by atoms with Crippen molar-refractivity contribution in [3.63, 3.8) is 0 Å². The van der Waals surface area contributed by atoms with E-state index in [-0.39, 0.29) is 35.6 Å². The Labute approximate surface area is 275 Å². The summed E-state index contributed by atoms with van der Waals surface area (Å²) in [5, 5.41) is 3.97. The van der Waals surface area contributed by atoms with Crippen LogP contribution in [-0.4, -0.2) is 23.3 Å². The highest BCUT2D eigenvalue weighted by Gasteiger charge is 2.35. The SMILES string of the molecule is CC(C)(C)C(NC(CCOC(N)=O)CC1c2ccccc2-c2ccccc21)c1cc(-c2cc(F)ccc2F)cn1Cc1ccccc1. The summed E-state index contributed by atoms with van der Waals surface area (Å²) in [7, 11) is 0. The molecule has 0 saturated heterocycles. The van der Waals surface area contributed by atoms with Gasteiger partial charge in [0.2, 0.25) is 0 Å². The van der Waals surface area contributed by atoms with Gasteiger partial charge >= 0.3 is 6.09 Å². The number of carbonyl (C=O) groups is 1. The van der Waals surface area contributed by atoms with Crippen LogP contribution in [0.5, 0.6) is 0 Å². The van der Waals surface area contributed by atoms with E-state index in [4.69, 9.17) is 10.5 Å². The van der Waals surface area contributed by atoms with Gasteiger partial charge in [-0.05, 0) is 70.3 Å². The highest BCUT2D eigenvalue weighted by atomic mass is 19.1. The van der Waals surface area contributed by atoms with Gasteiger partial charge in [-0.1, -0.05) is 99.6 Å². The Morgan fingerprint density at radius 1 is 0.872 bits per heavy atom. The van der Waals surface area contributed by atoms with Gasteiger partial charge in [-0.2, -0.15) is 0 Å². The summed E-state index contributed by atoms with van der Waals surface area (Å²) in [6.45, 7) is 7.24. The first-order chi connectivity index (χ1) is 22.6. The van der Waals surface area contributed by atoms with Crippen LogP contribution in [0.4, 0.5) is 13.6 Å². The van der Waals surface area contributed by atoms with E-state index >= 15 is 4.39 Å². The Morgan fingerprint density at radius 2 is 1.51 bits per heavy atom. The monoisotopic (exact) mass is 633 g/mol. The maximum atomic E-state index is 15.1. The first kappa shape index (κ1) is 32.2. The van der Waals surface area contributed by atoms with E-state index in [1.54, 1.807) is 0 Å². The molecule has 5 nitrogen and oxygen atoms in total. The third-order valence-corrected chi connectivity index (χ3v) is 9.12. The fourth-order valence-corrected chi connectivity index (χ4v) is 6.94. The summed E-state index contributed by atoms with van der Waals surface area (Å²) >= 11 is 0. The lowest BCUT2D eigenvalue weighted by molar-refractivity contribution is 0.144. The van der Waals surface area contributed by atoms with E-state index in [0.717, 1.165) is 23.7 Å². The zero-order valence-corrected chi connectivity index (χ0v) is 27.0. The Hall–Kier alpha value is -4.75. The molecule has 0 bridgehead atoms. The number of fused-ring (bicyclic) bond motifs is 3. The highest BCUT2D eigenvalue weighted by Crippen LogP contribution is 2.47. The number of hydrogen-bond donors (Lipinski definition) is 2. The average molecular weight is 634 g/mol. The molecule has 1 heterocycles. The average Bonchev–Trinajstić information content (AvgIpc) is 3.59. The molecule has 4 aromatic carbocycles. The molecule has 0 saturated carbocycles. The van der Waals surface area contributed by atoms with Crippen molar-refractivity contribution in [3.8, 4) is 22.3 Å². The van der Waals surface area contributed by atoms with Crippen LogP contribution in [-0.2, 0) is 11.3 Å². The van der Waals surface area contributed by atoms with E-state index < -0.39 is 17.7 Å². The van der Waals surface area contributed by atoms with Crippen LogP contribution in [0.1, 0.15) is 68.0 Å². The summed E-state index contributed by atoms with van der Waals surface area (Å²) in [6, 6.07) is 32.4. The quantitative estimate of drug-likeness (QED) is 0.152. The van der Waals surface area contributed by atoms with Gasteiger partial charge in [-0.25, -0.2) is 13.6 Å². The van der Waals surface area contributed by atoms with Gasteiger partial charge in [0.25, 0.3) is 0 Å². The minimum Gasteiger partial charge on any atom is -0.450 e. The lowest BCUT2D eigenvalue weighted by Crippen LogP contribution is -2.42. The number of amides is 1. The van der Waals surface area contributed by atoms with E-state index in [2.05, 4.69) is 91.3 Å². The molecule has 0 spiro atoms. The van der Waals surface area contributed by atoms with Crippen molar-refractivity contribution in [2.75, 3.05) is 6.61 Å². The van der Waals surface area contributed by atoms with Crippen molar-refractivity contribution >= 4 is 6.09 Å². The van der Waals surface area contributed by atoms with Crippen molar-refractivity contribution in [2.45, 2.75) is 58.2 Å².